The number of nitrogens with zero attached hydrogens (tertiary/aromatic N) is 1. The molecule has 27 heavy (non-hydrogen) atoms. The second-order valence-corrected chi connectivity index (χ2v) is 9.01. The van der Waals surface area contributed by atoms with Gasteiger partial charge in [-0.05, 0) is 37.4 Å². The molecular formula is C19H35IN4O2S. The Balaban J connectivity index is 0.00000676. The van der Waals surface area contributed by atoms with Crippen molar-refractivity contribution in [3.63, 3.8) is 0 Å². The quantitative estimate of drug-likeness (QED) is 0.257. The molecule has 8 heteroatoms. The summed E-state index contributed by atoms with van der Waals surface area (Å²) in [6.45, 7) is 7.24. The molecule has 0 aliphatic rings. The third-order valence-corrected chi connectivity index (χ3v) is 5.48. The smallest absolute Gasteiger partial charge is 0.215 e. The lowest BCUT2D eigenvalue weighted by atomic mass is 10.0. The highest BCUT2D eigenvalue weighted by molar-refractivity contribution is 14.0. The van der Waals surface area contributed by atoms with Crippen molar-refractivity contribution in [1.29, 1.82) is 0 Å². The molecule has 156 valence electrons. The van der Waals surface area contributed by atoms with Crippen molar-refractivity contribution in [3.05, 3.63) is 35.4 Å². The number of sulfonamides is 1. The highest BCUT2D eigenvalue weighted by atomic mass is 127. The Morgan fingerprint density at radius 1 is 1.15 bits per heavy atom. The van der Waals surface area contributed by atoms with Crippen molar-refractivity contribution in [1.82, 2.24) is 15.4 Å². The van der Waals surface area contributed by atoms with Gasteiger partial charge in [-0.15, -0.1) is 24.0 Å². The first-order valence-electron chi connectivity index (χ1n) is 9.22. The van der Waals surface area contributed by atoms with E-state index < -0.39 is 10.0 Å². The molecule has 1 unspecified atom stereocenters. The van der Waals surface area contributed by atoms with E-state index in [1.165, 1.54) is 19.9 Å². The summed E-state index contributed by atoms with van der Waals surface area (Å²) in [6, 6.07) is 7.93. The van der Waals surface area contributed by atoms with E-state index in [0.717, 1.165) is 29.4 Å². The molecule has 0 saturated heterocycles. The average molecular weight is 510 g/mol. The molecule has 3 N–H and O–H groups in total. The first kappa shape index (κ1) is 26.1. The molecule has 0 radical (unpaired) electrons. The van der Waals surface area contributed by atoms with Gasteiger partial charge in [0.15, 0.2) is 5.96 Å². The Morgan fingerprint density at radius 3 is 2.41 bits per heavy atom. The number of aliphatic imine (C=N–C) groups is 1. The first-order valence-corrected chi connectivity index (χ1v) is 10.9. The largest absolute Gasteiger partial charge is 0.354 e. The van der Waals surface area contributed by atoms with Crippen LogP contribution in [0.1, 0.15) is 51.2 Å². The molecule has 0 spiro atoms. The summed E-state index contributed by atoms with van der Waals surface area (Å²) in [6.07, 6.45) is 3.54. The van der Waals surface area contributed by atoms with E-state index in [2.05, 4.69) is 41.1 Å². The minimum Gasteiger partial charge on any atom is -0.354 e. The lowest BCUT2D eigenvalue weighted by molar-refractivity contribution is 0.491. The third-order valence-electron chi connectivity index (χ3n) is 4.14. The lowest BCUT2D eigenvalue weighted by Crippen LogP contribution is -2.41. The molecule has 0 aliphatic heterocycles. The van der Waals surface area contributed by atoms with Crippen LogP contribution in [0.15, 0.2) is 29.3 Å². The zero-order valence-corrected chi connectivity index (χ0v) is 20.2. The molecular weight excluding hydrogens is 475 g/mol. The van der Waals surface area contributed by atoms with Gasteiger partial charge in [-0.3, -0.25) is 4.99 Å². The zero-order chi connectivity index (χ0) is 19.6. The normalized spacial score (nSPS) is 13.2. The molecule has 6 nitrogen and oxygen atoms in total. The van der Waals surface area contributed by atoms with Gasteiger partial charge in [-0.1, -0.05) is 51.0 Å². The van der Waals surface area contributed by atoms with Crippen molar-refractivity contribution < 1.29 is 8.42 Å². The van der Waals surface area contributed by atoms with Gasteiger partial charge in [-0.2, -0.15) is 0 Å². The number of hydrogen-bond acceptors (Lipinski definition) is 3. The third kappa shape index (κ3) is 11.5. The van der Waals surface area contributed by atoms with Gasteiger partial charge in [0, 0.05) is 19.6 Å². The van der Waals surface area contributed by atoms with Crippen molar-refractivity contribution in [2.45, 2.75) is 58.4 Å². The Hall–Kier alpha value is -0.870. The van der Waals surface area contributed by atoms with Crippen LogP contribution >= 0.6 is 24.0 Å². The molecule has 1 aromatic carbocycles. The Morgan fingerprint density at radius 2 is 1.81 bits per heavy atom. The molecule has 0 fully saturated rings. The average Bonchev–Trinajstić information content (AvgIpc) is 2.58. The molecule has 0 heterocycles. The summed E-state index contributed by atoms with van der Waals surface area (Å²) in [7, 11) is -0.0774. The Bertz CT molecular complexity index is 678. The van der Waals surface area contributed by atoms with Crippen molar-refractivity contribution in [3.8, 4) is 0 Å². The van der Waals surface area contributed by atoms with Crippen LogP contribution in [0.3, 0.4) is 0 Å². The van der Waals surface area contributed by atoms with Crippen LogP contribution < -0.4 is 15.4 Å². The summed E-state index contributed by atoms with van der Waals surface area (Å²) in [5, 5.41) is 6.70. The summed E-state index contributed by atoms with van der Waals surface area (Å²) < 4.78 is 25.7. The molecule has 1 rings (SSSR count). The number of guanidine groups is 1. The number of halogens is 1. The maximum absolute atomic E-state index is 11.7. The molecule has 0 bridgehead atoms. The van der Waals surface area contributed by atoms with Gasteiger partial charge in [-0.25, -0.2) is 13.1 Å². The number of hydrogen-bond donors (Lipinski definition) is 3. The van der Waals surface area contributed by atoms with E-state index in [-0.39, 0.29) is 29.7 Å². The second-order valence-electron chi connectivity index (χ2n) is 7.08. The van der Waals surface area contributed by atoms with Crippen LogP contribution in [0.5, 0.6) is 0 Å². The topological polar surface area (TPSA) is 82.6 Å². The monoisotopic (exact) mass is 510 g/mol. The maximum Gasteiger partial charge on any atom is 0.215 e. The van der Waals surface area contributed by atoms with E-state index in [4.69, 9.17) is 0 Å². The summed E-state index contributed by atoms with van der Waals surface area (Å²) in [5.41, 5.74) is 1.79. The van der Waals surface area contributed by atoms with Gasteiger partial charge < -0.3 is 10.6 Å². The lowest BCUT2D eigenvalue weighted by Gasteiger charge is -2.18. The molecule has 1 aromatic rings. The van der Waals surface area contributed by atoms with E-state index in [9.17, 15) is 8.42 Å². The van der Waals surface area contributed by atoms with Crippen LogP contribution in [0.25, 0.3) is 0 Å². The van der Waals surface area contributed by atoms with Gasteiger partial charge in [0.05, 0.1) is 5.75 Å². The number of rotatable bonds is 10. The molecule has 0 aromatic heterocycles. The van der Waals surface area contributed by atoms with Gasteiger partial charge in [0.1, 0.15) is 0 Å². The highest BCUT2D eigenvalue weighted by Gasteiger charge is 2.09. The predicted molar refractivity (Wildman–Crippen MR) is 125 cm³/mol. The molecule has 0 saturated carbocycles. The van der Waals surface area contributed by atoms with Crippen LogP contribution in [0.4, 0.5) is 0 Å². The van der Waals surface area contributed by atoms with E-state index >= 15 is 0 Å². The van der Waals surface area contributed by atoms with Gasteiger partial charge in [0.25, 0.3) is 0 Å². The fourth-order valence-corrected chi connectivity index (χ4v) is 3.40. The second kappa shape index (κ2) is 13.3. The SMILES string of the molecule is CN=C(NCc1cccc(CS(=O)(=O)NC)c1)NC(C)CCCC(C)C.I. The van der Waals surface area contributed by atoms with Crippen LogP contribution in [-0.2, 0) is 22.3 Å². The van der Waals surface area contributed by atoms with Crippen LogP contribution in [0.2, 0.25) is 0 Å². The van der Waals surface area contributed by atoms with Crippen molar-refractivity contribution in [2.24, 2.45) is 10.9 Å². The van der Waals surface area contributed by atoms with Crippen LogP contribution in [0, 0.1) is 5.92 Å². The van der Waals surface area contributed by atoms with E-state index in [1.54, 1.807) is 7.05 Å². The zero-order valence-electron chi connectivity index (χ0n) is 17.1. The van der Waals surface area contributed by atoms with Gasteiger partial charge >= 0.3 is 0 Å². The summed E-state index contributed by atoms with van der Waals surface area (Å²) in [4.78, 5) is 4.27. The molecule has 0 aliphatic carbocycles. The van der Waals surface area contributed by atoms with Crippen molar-refractivity contribution in [2.75, 3.05) is 14.1 Å². The van der Waals surface area contributed by atoms with E-state index in [1.807, 2.05) is 24.3 Å². The highest BCUT2D eigenvalue weighted by Crippen LogP contribution is 2.09. The maximum atomic E-state index is 11.7. The Kier molecular flexibility index (Phi) is 12.9. The molecule has 1 atom stereocenters. The minimum absolute atomic E-state index is 0. The fraction of sp³-hybridized carbons (Fsp3) is 0.632. The predicted octanol–water partition coefficient (Wildman–Crippen LogP) is 3.23. The number of benzene rings is 1. The first-order chi connectivity index (χ1) is 12.3. The standard InChI is InChI=1S/C19H34N4O2S.HI/c1-15(2)8-6-9-16(3)23-19(20-4)22-13-17-10-7-11-18(12-17)14-26(24,25)21-5;/h7,10-12,15-16,21H,6,8-9,13-14H2,1-5H3,(H2,20,22,23);1H. The number of nitrogens with one attached hydrogen (secondary N) is 3. The molecule has 0 amide bonds. The van der Waals surface area contributed by atoms with Gasteiger partial charge in [0.2, 0.25) is 10.0 Å². The van der Waals surface area contributed by atoms with Crippen LogP contribution in [-0.4, -0.2) is 34.5 Å². The van der Waals surface area contributed by atoms with E-state index in [0.29, 0.717) is 12.6 Å². The Labute approximate surface area is 182 Å². The fourth-order valence-electron chi connectivity index (χ4n) is 2.64. The summed E-state index contributed by atoms with van der Waals surface area (Å²) in [5.74, 6) is 1.48. The van der Waals surface area contributed by atoms with Crippen molar-refractivity contribution >= 4 is 40.0 Å². The summed E-state index contributed by atoms with van der Waals surface area (Å²) >= 11 is 0. The minimum atomic E-state index is -3.26.